The number of hydrogen-bond acceptors (Lipinski definition) is 5. The quantitative estimate of drug-likeness (QED) is 0.880. The van der Waals surface area contributed by atoms with Crippen molar-refractivity contribution in [2.24, 2.45) is 5.92 Å². The van der Waals surface area contributed by atoms with Gasteiger partial charge in [-0.15, -0.1) is 0 Å². The van der Waals surface area contributed by atoms with Crippen LogP contribution in [0, 0.1) is 12.8 Å². The predicted molar refractivity (Wildman–Crippen MR) is 97.0 cm³/mol. The number of carbonyl (C=O) groups excluding carboxylic acids is 1. The molecule has 2 heterocycles. The zero-order chi connectivity index (χ0) is 18.0. The highest BCUT2D eigenvalue weighted by Crippen LogP contribution is 2.27. The summed E-state index contributed by atoms with van der Waals surface area (Å²) in [7, 11) is 1.65. The van der Waals surface area contributed by atoms with Gasteiger partial charge in [0.05, 0.1) is 5.39 Å². The van der Waals surface area contributed by atoms with Gasteiger partial charge in [0.2, 0.25) is 5.91 Å². The number of aryl methyl sites for hydroxylation is 1. The van der Waals surface area contributed by atoms with Crippen molar-refractivity contribution < 1.29 is 14.3 Å². The number of rotatable bonds is 4. The number of benzene rings is 1. The molecular weight excluding hydrogens is 320 g/mol. The molecule has 1 fully saturated rings. The molecule has 134 valence electrons. The first-order valence-corrected chi connectivity index (χ1v) is 8.68. The van der Waals surface area contributed by atoms with E-state index < -0.39 is 0 Å². The highest BCUT2D eigenvalue weighted by atomic mass is 16.4. The van der Waals surface area contributed by atoms with Crippen molar-refractivity contribution in [1.29, 1.82) is 0 Å². The van der Waals surface area contributed by atoms with Gasteiger partial charge in [-0.2, -0.15) is 0 Å². The van der Waals surface area contributed by atoms with Crippen molar-refractivity contribution in [3.05, 3.63) is 39.5 Å². The summed E-state index contributed by atoms with van der Waals surface area (Å²) in [5.41, 5.74) is 2.29. The summed E-state index contributed by atoms with van der Waals surface area (Å²) >= 11 is 0. The SMILES string of the molecule is CNC(=O)C1CCN(c2cc(=O)c3cc(C)cc(CCO)c3o2)CC1. The zero-order valence-corrected chi connectivity index (χ0v) is 14.7. The lowest BCUT2D eigenvalue weighted by molar-refractivity contribution is -0.125. The van der Waals surface area contributed by atoms with Gasteiger partial charge in [-0.3, -0.25) is 9.59 Å². The number of hydrogen-bond donors (Lipinski definition) is 2. The van der Waals surface area contributed by atoms with Gasteiger partial charge in [0.1, 0.15) is 5.58 Å². The standard InChI is InChI=1S/C19H24N2O4/c1-12-9-14(5-8-22)18-15(10-12)16(23)11-17(25-18)21-6-3-13(4-7-21)19(24)20-2/h9-11,13,22H,3-8H2,1-2H3,(H,20,24). The summed E-state index contributed by atoms with van der Waals surface area (Å²) in [6.45, 7) is 3.28. The number of piperidine rings is 1. The van der Waals surface area contributed by atoms with Crippen molar-refractivity contribution >= 4 is 22.8 Å². The smallest absolute Gasteiger partial charge is 0.222 e. The monoisotopic (exact) mass is 344 g/mol. The van der Waals surface area contributed by atoms with Crippen molar-refractivity contribution in [1.82, 2.24) is 5.32 Å². The van der Waals surface area contributed by atoms with Gasteiger partial charge in [-0.05, 0) is 43.4 Å². The van der Waals surface area contributed by atoms with Crippen LogP contribution in [0.1, 0.15) is 24.0 Å². The molecule has 0 aliphatic carbocycles. The minimum Gasteiger partial charge on any atom is -0.440 e. The van der Waals surface area contributed by atoms with Gasteiger partial charge in [0.25, 0.3) is 0 Å². The lowest BCUT2D eigenvalue weighted by Gasteiger charge is -2.31. The van der Waals surface area contributed by atoms with E-state index in [0.29, 0.717) is 36.4 Å². The summed E-state index contributed by atoms with van der Waals surface area (Å²) in [6, 6.07) is 5.30. The fourth-order valence-corrected chi connectivity index (χ4v) is 3.50. The van der Waals surface area contributed by atoms with Crippen LogP contribution >= 0.6 is 0 Å². The maximum Gasteiger partial charge on any atom is 0.222 e. The average molecular weight is 344 g/mol. The van der Waals surface area contributed by atoms with Crippen LogP contribution in [0.4, 0.5) is 5.88 Å². The third kappa shape index (κ3) is 3.54. The lowest BCUT2D eigenvalue weighted by Crippen LogP contribution is -2.39. The summed E-state index contributed by atoms with van der Waals surface area (Å²) in [6.07, 6.45) is 1.92. The molecule has 1 amide bonds. The second-order valence-electron chi connectivity index (χ2n) is 6.60. The second kappa shape index (κ2) is 7.27. The molecule has 0 spiro atoms. The van der Waals surface area contributed by atoms with E-state index in [4.69, 9.17) is 4.42 Å². The van der Waals surface area contributed by atoms with Crippen LogP contribution in [0.3, 0.4) is 0 Å². The average Bonchev–Trinajstić information content (AvgIpc) is 2.62. The first kappa shape index (κ1) is 17.5. The Hall–Kier alpha value is -2.34. The fourth-order valence-electron chi connectivity index (χ4n) is 3.50. The van der Waals surface area contributed by atoms with E-state index in [2.05, 4.69) is 5.32 Å². The molecule has 1 aromatic carbocycles. The van der Waals surface area contributed by atoms with Gasteiger partial charge in [0, 0.05) is 38.7 Å². The number of amides is 1. The van der Waals surface area contributed by atoms with E-state index in [-0.39, 0.29) is 23.9 Å². The van der Waals surface area contributed by atoms with Crippen LogP contribution in [0.2, 0.25) is 0 Å². The molecule has 0 radical (unpaired) electrons. The molecule has 2 N–H and O–H groups in total. The topological polar surface area (TPSA) is 82.8 Å². The predicted octanol–water partition coefficient (Wildman–Crippen LogP) is 1.60. The van der Waals surface area contributed by atoms with Crippen molar-refractivity contribution in [2.45, 2.75) is 26.2 Å². The molecule has 1 aliphatic rings. The van der Waals surface area contributed by atoms with Gasteiger partial charge >= 0.3 is 0 Å². The molecule has 1 aromatic heterocycles. The largest absolute Gasteiger partial charge is 0.440 e. The van der Waals surface area contributed by atoms with Crippen molar-refractivity contribution in [3.63, 3.8) is 0 Å². The van der Waals surface area contributed by atoms with Gasteiger partial charge in [-0.25, -0.2) is 0 Å². The van der Waals surface area contributed by atoms with E-state index in [1.807, 2.05) is 24.0 Å². The zero-order valence-electron chi connectivity index (χ0n) is 14.7. The lowest BCUT2D eigenvalue weighted by atomic mass is 9.96. The molecule has 3 rings (SSSR count). The molecule has 1 saturated heterocycles. The number of nitrogens with zero attached hydrogens (tertiary/aromatic N) is 1. The maximum absolute atomic E-state index is 12.6. The molecular formula is C19H24N2O4. The van der Waals surface area contributed by atoms with Crippen LogP contribution in [0.25, 0.3) is 11.0 Å². The first-order chi connectivity index (χ1) is 12.0. The summed E-state index contributed by atoms with van der Waals surface area (Å²) < 4.78 is 6.06. The van der Waals surface area contributed by atoms with Crippen molar-refractivity contribution in [3.8, 4) is 0 Å². The number of aliphatic hydroxyl groups is 1. The van der Waals surface area contributed by atoms with Crippen LogP contribution in [0.5, 0.6) is 0 Å². The third-order valence-corrected chi connectivity index (χ3v) is 4.84. The fraction of sp³-hybridized carbons (Fsp3) is 0.474. The van der Waals surface area contributed by atoms with E-state index in [1.165, 1.54) is 6.07 Å². The van der Waals surface area contributed by atoms with Crippen LogP contribution in [-0.2, 0) is 11.2 Å². The van der Waals surface area contributed by atoms with Crippen molar-refractivity contribution in [2.75, 3.05) is 31.6 Å². The first-order valence-electron chi connectivity index (χ1n) is 8.68. The Morgan fingerprint density at radius 1 is 1.32 bits per heavy atom. The summed E-state index contributed by atoms with van der Waals surface area (Å²) in [5, 5.41) is 12.5. The number of aliphatic hydroxyl groups excluding tert-OH is 1. The molecule has 6 nitrogen and oxygen atoms in total. The van der Waals surface area contributed by atoms with E-state index in [1.54, 1.807) is 7.05 Å². The molecule has 1 aliphatic heterocycles. The highest BCUT2D eigenvalue weighted by Gasteiger charge is 2.26. The minimum atomic E-state index is -0.0763. The number of fused-ring (bicyclic) bond motifs is 1. The van der Waals surface area contributed by atoms with Gasteiger partial charge in [-0.1, -0.05) is 6.07 Å². The second-order valence-corrected chi connectivity index (χ2v) is 6.60. The minimum absolute atomic E-state index is 0.00398. The molecule has 2 aromatic rings. The summed E-state index contributed by atoms with van der Waals surface area (Å²) in [5.74, 6) is 0.622. The maximum atomic E-state index is 12.6. The number of carbonyl (C=O) groups is 1. The molecule has 25 heavy (non-hydrogen) atoms. The van der Waals surface area contributed by atoms with Crippen LogP contribution in [-0.4, -0.2) is 37.8 Å². The van der Waals surface area contributed by atoms with Gasteiger partial charge in [0.15, 0.2) is 11.3 Å². The van der Waals surface area contributed by atoms with Crippen LogP contribution in [0.15, 0.2) is 27.4 Å². The Morgan fingerprint density at radius 3 is 2.68 bits per heavy atom. The Labute approximate surface area is 146 Å². The van der Waals surface area contributed by atoms with E-state index in [0.717, 1.165) is 24.0 Å². The van der Waals surface area contributed by atoms with E-state index in [9.17, 15) is 14.7 Å². The molecule has 0 unspecified atom stereocenters. The molecule has 0 saturated carbocycles. The molecule has 6 heteroatoms. The Kier molecular flexibility index (Phi) is 5.08. The number of anilines is 1. The summed E-state index contributed by atoms with van der Waals surface area (Å²) in [4.78, 5) is 26.3. The van der Waals surface area contributed by atoms with E-state index >= 15 is 0 Å². The Balaban J connectivity index is 1.93. The highest BCUT2D eigenvalue weighted by molar-refractivity contribution is 5.82. The third-order valence-electron chi connectivity index (χ3n) is 4.84. The van der Waals surface area contributed by atoms with Crippen LogP contribution < -0.4 is 15.6 Å². The van der Waals surface area contributed by atoms with Gasteiger partial charge < -0.3 is 19.7 Å². The Bertz CT molecular complexity index is 835. The molecule has 0 bridgehead atoms. The molecule has 0 atom stereocenters. The normalized spacial score (nSPS) is 15.6. The Morgan fingerprint density at radius 2 is 2.04 bits per heavy atom. The number of nitrogens with one attached hydrogen (secondary N) is 1.